The summed E-state index contributed by atoms with van der Waals surface area (Å²) in [4.78, 5) is 30.8. The number of carbonyl (C=O) groups is 1. The largest absolute Gasteiger partial charge is 0.486 e. The van der Waals surface area contributed by atoms with Gasteiger partial charge in [-0.1, -0.05) is 6.92 Å². The Bertz CT molecular complexity index is 1360. The normalized spacial score (nSPS) is 18.1. The molecule has 0 saturated carbocycles. The Kier molecular flexibility index (Phi) is 4.37. The summed E-state index contributed by atoms with van der Waals surface area (Å²) in [6.07, 6.45) is 1.64. The molecule has 4 heterocycles. The summed E-state index contributed by atoms with van der Waals surface area (Å²) in [6.45, 7) is 4.05. The van der Waals surface area contributed by atoms with Crippen LogP contribution in [0.2, 0.25) is 0 Å². The van der Waals surface area contributed by atoms with Crippen LogP contribution in [0.15, 0.2) is 23.0 Å². The van der Waals surface area contributed by atoms with E-state index < -0.39 is 0 Å². The SMILES string of the molecule is CCC1C(=O)Cc2c1cc1n(c2=O)Cc2c-1nc1cc3c(cc1c2CCOC)OCCO3. The molecule has 0 bridgehead atoms. The van der Waals surface area contributed by atoms with Gasteiger partial charge < -0.3 is 18.8 Å². The first-order valence-corrected chi connectivity index (χ1v) is 11.1. The molecule has 1 atom stereocenters. The molecule has 0 radical (unpaired) electrons. The number of Topliss-reactive ketones (excluding diaryl/α,β-unsaturated/α-hetero) is 1. The zero-order valence-electron chi connectivity index (χ0n) is 18.2. The van der Waals surface area contributed by atoms with Crippen LogP contribution in [0.5, 0.6) is 11.5 Å². The number of hydrogen-bond donors (Lipinski definition) is 0. The third kappa shape index (κ3) is 2.67. The van der Waals surface area contributed by atoms with Crippen molar-refractivity contribution in [3.63, 3.8) is 0 Å². The number of fused-ring (bicyclic) bond motifs is 6. The second-order valence-corrected chi connectivity index (χ2v) is 8.63. The summed E-state index contributed by atoms with van der Waals surface area (Å²) in [7, 11) is 1.69. The molecule has 1 unspecified atom stereocenters. The van der Waals surface area contributed by atoms with Crippen molar-refractivity contribution < 1.29 is 19.0 Å². The van der Waals surface area contributed by atoms with Crippen molar-refractivity contribution in [1.82, 2.24) is 9.55 Å². The van der Waals surface area contributed by atoms with Gasteiger partial charge in [-0.2, -0.15) is 0 Å². The molecule has 1 aromatic carbocycles. The van der Waals surface area contributed by atoms with E-state index in [-0.39, 0.29) is 23.7 Å². The van der Waals surface area contributed by atoms with E-state index in [2.05, 4.69) is 0 Å². The van der Waals surface area contributed by atoms with Crippen molar-refractivity contribution >= 4 is 16.7 Å². The Balaban J connectivity index is 1.61. The number of ketones is 1. The maximum Gasteiger partial charge on any atom is 0.255 e. The van der Waals surface area contributed by atoms with Crippen LogP contribution >= 0.6 is 0 Å². The molecule has 0 spiro atoms. The predicted molar refractivity (Wildman–Crippen MR) is 119 cm³/mol. The van der Waals surface area contributed by atoms with E-state index in [0.717, 1.165) is 44.7 Å². The maximum atomic E-state index is 13.4. The van der Waals surface area contributed by atoms with Gasteiger partial charge in [0.25, 0.3) is 5.56 Å². The number of ether oxygens (including phenoxy) is 3. The molecule has 7 nitrogen and oxygen atoms in total. The zero-order chi connectivity index (χ0) is 22.0. The number of nitrogens with zero attached hydrogens (tertiary/aromatic N) is 2. The van der Waals surface area contributed by atoms with Crippen molar-refractivity contribution in [3.05, 3.63) is 50.8 Å². The summed E-state index contributed by atoms with van der Waals surface area (Å²) < 4.78 is 18.8. The Labute approximate surface area is 184 Å². The van der Waals surface area contributed by atoms with E-state index >= 15 is 0 Å². The quantitative estimate of drug-likeness (QED) is 0.493. The van der Waals surface area contributed by atoms with E-state index in [4.69, 9.17) is 19.2 Å². The molecule has 0 amide bonds. The number of carbonyl (C=O) groups excluding carboxylic acids is 1. The number of pyridine rings is 2. The van der Waals surface area contributed by atoms with Gasteiger partial charge in [0.1, 0.15) is 19.0 Å². The van der Waals surface area contributed by atoms with Crippen molar-refractivity contribution in [2.24, 2.45) is 0 Å². The standard InChI is InChI=1S/C25H24N2O5/c1-3-13-15-8-20-24-18(12-27(20)25(29)17(15)9-21(13)28)14(4-5-30-2)16-10-22-23(11-19(16)26-24)32-7-6-31-22/h8,10-11,13H,3-7,9,12H2,1-2H3. The van der Waals surface area contributed by atoms with Crippen LogP contribution in [0.4, 0.5) is 0 Å². The number of benzene rings is 1. The van der Waals surface area contributed by atoms with Gasteiger partial charge in [-0.3, -0.25) is 9.59 Å². The molecular formula is C25H24N2O5. The molecule has 2 aliphatic heterocycles. The summed E-state index contributed by atoms with van der Waals surface area (Å²) in [6, 6.07) is 5.95. The van der Waals surface area contributed by atoms with Crippen LogP contribution in [0, 0.1) is 0 Å². The number of aromatic nitrogens is 2. The molecule has 1 aliphatic carbocycles. The van der Waals surface area contributed by atoms with Crippen LogP contribution in [0.25, 0.3) is 22.3 Å². The summed E-state index contributed by atoms with van der Waals surface area (Å²) in [5.41, 5.74) is 6.06. The smallest absolute Gasteiger partial charge is 0.255 e. The maximum absolute atomic E-state index is 13.4. The summed E-state index contributed by atoms with van der Waals surface area (Å²) >= 11 is 0. The van der Waals surface area contributed by atoms with Gasteiger partial charge in [0.2, 0.25) is 0 Å². The lowest BCUT2D eigenvalue weighted by Crippen LogP contribution is -2.23. The minimum Gasteiger partial charge on any atom is -0.486 e. The highest BCUT2D eigenvalue weighted by Crippen LogP contribution is 2.42. The topological polar surface area (TPSA) is 79.7 Å². The minimum atomic E-state index is -0.196. The molecule has 7 heteroatoms. The fourth-order valence-electron chi connectivity index (χ4n) is 5.40. The summed E-state index contributed by atoms with van der Waals surface area (Å²) in [5, 5.41) is 1.00. The van der Waals surface area contributed by atoms with Gasteiger partial charge in [-0.05, 0) is 36.1 Å². The second-order valence-electron chi connectivity index (χ2n) is 8.63. The molecule has 2 aromatic heterocycles. The Morgan fingerprint density at radius 1 is 1.12 bits per heavy atom. The van der Waals surface area contributed by atoms with Crippen molar-refractivity contribution in [3.8, 4) is 22.9 Å². The second kappa shape index (κ2) is 7.17. The van der Waals surface area contributed by atoms with Crippen molar-refractivity contribution in [2.75, 3.05) is 26.9 Å². The van der Waals surface area contributed by atoms with E-state index in [0.29, 0.717) is 50.5 Å². The first-order chi connectivity index (χ1) is 15.6. The molecule has 164 valence electrons. The van der Waals surface area contributed by atoms with Crippen molar-refractivity contribution in [1.29, 1.82) is 0 Å². The lowest BCUT2D eigenvalue weighted by atomic mass is 9.96. The molecule has 0 N–H and O–H groups in total. The minimum absolute atomic E-state index is 0.0625. The van der Waals surface area contributed by atoms with Crippen molar-refractivity contribution in [2.45, 2.75) is 38.6 Å². The van der Waals surface area contributed by atoms with E-state index in [1.807, 2.05) is 25.1 Å². The average Bonchev–Trinajstić information content (AvgIpc) is 3.33. The first kappa shape index (κ1) is 19.5. The Morgan fingerprint density at radius 2 is 1.91 bits per heavy atom. The van der Waals surface area contributed by atoms with E-state index in [1.165, 1.54) is 0 Å². The predicted octanol–water partition coefficient (Wildman–Crippen LogP) is 3.00. The van der Waals surface area contributed by atoms with E-state index in [1.54, 1.807) is 11.7 Å². The van der Waals surface area contributed by atoms with Gasteiger partial charge in [-0.25, -0.2) is 4.98 Å². The Morgan fingerprint density at radius 3 is 2.66 bits per heavy atom. The van der Waals surface area contributed by atoms with Gasteiger partial charge >= 0.3 is 0 Å². The fraction of sp³-hybridized carbons (Fsp3) is 0.400. The number of methoxy groups -OCH3 is 1. The first-order valence-electron chi connectivity index (χ1n) is 11.1. The lowest BCUT2D eigenvalue weighted by molar-refractivity contribution is -0.119. The average molecular weight is 432 g/mol. The Hall–Kier alpha value is -3.19. The fourth-order valence-corrected chi connectivity index (χ4v) is 5.40. The van der Waals surface area contributed by atoms with Crippen LogP contribution < -0.4 is 15.0 Å². The summed E-state index contributed by atoms with van der Waals surface area (Å²) in [5.74, 6) is 1.36. The van der Waals surface area contributed by atoms with Crippen LogP contribution in [0.3, 0.4) is 0 Å². The third-order valence-corrected chi connectivity index (χ3v) is 6.94. The van der Waals surface area contributed by atoms with Crippen LogP contribution in [0.1, 0.15) is 41.5 Å². The van der Waals surface area contributed by atoms with Gasteiger partial charge in [0, 0.05) is 42.0 Å². The molecule has 3 aromatic rings. The third-order valence-electron chi connectivity index (χ3n) is 6.94. The van der Waals surface area contributed by atoms with Crippen LogP contribution in [-0.2, 0) is 28.9 Å². The van der Waals surface area contributed by atoms with E-state index in [9.17, 15) is 9.59 Å². The molecule has 32 heavy (non-hydrogen) atoms. The molecular weight excluding hydrogens is 408 g/mol. The van der Waals surface area contributed by atoms with Gasteiger partial charge in [0.05, 0.1) is 30.1 Å². The highest BCUT2D eigenvalue weighted by Gasteiger charge is 2.36. The highest BCUT2D eigenvalue weighted by atomic mass is 16.6. The highest BCUT2D eigenvalue weighted by molar-refractivity contribution is 5.94. The van der Waals surface area contributed by atoms with Crippen LogP contribution in [-0.4, -0.2) is 42.3 Å². The molecule has 0 saturated heterocycles. The van der Waals surface area contributed by atoms with Gasteiger partial charge in [-0.15, -0.1) is 0 Å². The molecule has 6 rings (SSSR count). The molecule has 0 fully saturated rings. The number of hydrogen-bond acceptors (Lipinski definition) is 6. The molecule has 3 aliphatic rings. The zero-order valence-corrected chi connectivity index (χ0v) is 18.2. The monoisotopic (exact) mass is 432 g/mol. The van der Waals surface area contributed by atoms with Gasteiger partial charge in [0.15, 0.2) is 11.5 Å². The number of rotatable bonds is 4. The lowest BCUT2D eigenvalue weighted by Gasteiger charge is -2.20.